The molecule has 1 N–H and O–H groups in total. The molecular weight excluding hydrogens is 196 g/mol. The minimum Gasteiger partial charge on any atom is -0.317 e. The lowest BCUT2D eigenvalue weighted by atomic mass is 9.88. The molecule has 0 amide bonds. The van der Waals surface area contributed by atoms with Gasteiger partial charge in [0.25, 0.3) is 0 Å². The molecule has 16 heavy (non-hydrogen) atoms. The van der Waals surface area contributed by atoms with Gasteiger partial charge >= 0.3 is 0 Å². The summed E-state index contributed by atoms with van der Waals surface area (Å²) in [6, 6.07) is 2.49. The molecule has 0 bridgehead atoms. The van der Waals surface area contributed by atoms with Crippen LogP contribution in [0.1, 0.15) is 52.4 Å². The molecule has 2 aliphatic rings. The summed E-state index contributed by atoms with van der Waals surface area (Å²) in [5.41, 5.74) is 0. The Labute approximate surface area is 101 Å². The fraction of sp³-hybridized carbons (Fsp3) is 1.00. The fourth-order valence-corrected chi connectivity index (χ4v) is 3.71. The molecule has 2 rings (SSSR count). The van der Waals surface area contributed by atoms with Crippen LogP contribution in [0.3, 0.4) is 0 Å². The number of nitrogens with zero attached hydrogens (tertiary/aromatic N) is 1. The van der Waals surface area contributed by atoms with Crippen molar-refractivity contribution in [2.45, 2.75) is 70.5 Å². The van der Waals surface area contributed by atoms with Crippen LogP contribution >= 0.6 is 0 Å². The van der Waals surface area contributed by atoms with Crippen LogP contribution in [-0.2, 0) is 0 Å². The van der Waals surface area contributed by atoms with Crippen LogP contribution < -0.4 is 5.32 Å². The topological polar surface area (TPSA) is 15.3 Å². The average molecular weight is 224 g/mol. The van der Waals surface area contributed by atoms with Crippen molar-refractivity contribution in [1.29, 1.82) is 0 Å². The predicted molar refractivity (Wildman–Crippen MR) is 69.7 cm³/mol. The molecule has 2 fully saturated rings. The third-order valence-corrected chi connectivity index (χ3v) is 4.64. The van der Waals surface area contributed by atoms with Crippen molar-refractivity contribution in [2.75, 3.05) is 13.6 Å². The molecule has 3 unspecified atom stereocenters. The lowest BCUT2D eigenvalue weighted by molar-refractivity contribution is 0.105. The molecule has 0 aromatic heterocycles. The van der Waals surface area contributed by atoms with Crippen LogP contribution in [0.15, 0.2) is 0 Å². The lowest BCUT2D eigenvalue weighted by Crippen LogP contribution is -2.47. The summed E-state index contributed by atoms with van der Waals surface area (Å²) in [6.45, 7) is 6.13. The van der Waals surface area contributed by atoms with E-state index in [1.54, 1.807) is 0 Å². The van der Waals surface area contributed by atoms with Gasteiger partial charge in [-0.15, -0.1) is 0 Å². The predicted octanol–water partition coefficient (Wildman–Crippen LogP) is 2.64. The Balaban J connectivity index is 1.95. The van der Waals surface area contributed by atoms with E-state index in [2.05, 4.69) is 31.1 Å². The first-order chi connectivity index (χ1) is 7.72. The summed E-state index contributed by atoms with van der Waals surface area (Å²) in [5, 5.41) is 3.47. The molecular formula is C14H28N2. The largest absolute Gasteiger partial charge is 0.317 e. The van der Waals surface area contributed by atoms with E-state index >= 15 is 0 Å². The van der Waals surface area contributed by atoms with Crippen LogP contribution in [0.25, 0.3) is 0 Å². The quantitative estimate of drug-likeness (QED) is 0.793. The smallest absolute Gasteiger partial charge is 0.0122 e. The monoisotopic (exact) mass is 224 g/mol. The number of hydrogen-bond acceptors (Lipinski definition) is 2. The van der Waals surface area contributed by atoms with Gasteiger partial charge in [0.15, 0.2) is 0 Å². The molecule has 0 radical (unpaired) electrons. The molecule has 0 spiro atoms. The molecule has 1 saturated carbocycles. The van der Waals surface area contributed by atoms with E-state index in [1.807, 2.05) is 0 Å². The number of rotatable bonds is 3. The van der Waals surface area contributed by atoms with Crippen molar-refractivity contribution >= 4 is 0 Å². The van der Waals surface area contributed by atoms with Gasteiger partial charge in [-0.25, -0.2) is 0 Å². The van der Waals surface area contributed by atoms with E-state index in [9.17, 15) is 0 Å². The maximum atomic E-state index is 3.47. The molecule has 94 valence electrons. The molecule has 0 aromatic rings. The van der Waals surface area contributed by atoms with Crippen LogP contribution in [-0.4, -0.2) is 36.6 Å². The highest BCUT2D eigenvalue weighted by molar-refractivity contribution is 4.90. The van der Waals surface area contributed by atoms with Gasteiger partial charge < -0.3 is 5.32 Å². The van der Waals surface area contributed by atoms with E-state index in [1.165, 1.54) is 45.1 Å². The van der Waals surface area contributed by atoms with Gasteiger partial charge in [-0.1, -0.05) is 20.3 Å². The van der Waals surface area contributed by atoms with Gasteiger partial charge in [-0.05, 0) is 51.6 Å². The number of likely N-dealkylation sites (tertiary alicyclic amines) is 1. The first-order valence-corrected chi connectivity index (χ1v) is 7.15. The maximum absolute atomic E-state index is 3.47. The Kier molecular flexibility index (Phi) is 4.26. The zero-order valence-electron chi connectivity index (χ0n) is 11.2. The maximum Gasteiger partial charge on any atom is 0.0122 e. The zero-order valence-corrected chi connectivity index (χ0v) is 11.2. The standard InChI is InChI=1S/C14H28N2/c1-11(2)14-8-5-9-16(14)13-7-4-6-12(10-13)15-3/h11-15H,4-10H2,1-3H3. The van der Waals surface area contributed by atoms with Crippen molar-refractivity contribution in [2.24, 2.45) is 5.92 Å². The molecule has 1 aliphatic heterocycles. The SMILES string of the molecule is CNC1CCCC(N2CCCC2C(C)C)C1. The molecule has 2 heteroatoms. The highest BCUT2D eigenvalue weighted by Gasteiger charge is 2.34. The van der Waals surface area contributed by atoms with Crippen LogP contribution in [0.5, 0.6) is 0 Å². The first kappa shape index (κ1) is 12.4. The van der Waals surface area contributed by atoms with Gasteiger partial charge in [0.2, 0.25) is 0 Å². The van der Waals surface area contributed by atoms with Crippen molar-refractivity contribution < 1.29 is 0 Å². The van der Waals surface area contributed by atoms with Crippen molar-refractivity contribution in [3.8, 4) is 0 Å². The molecule has 2 nitrogen and oxygen atoms in total. The van der Waals surface area contributed by atoms with Crippen LogP contribution in [0.2, 0.25) is 0 Å². The van der Waals surface area contributed by atoms with Crippen molar-refractivity contribution in [3.05, 3.63) is 0 Å². The minimum absolute atomic E-state index is 0.771. The Morgan fingerprint density at radius 1 is 1.12 bits per heavy atom. The summed E-state index contributed by atoms with van der Waals surface area (Å²) in [5.74, 6) is 0.831. The van der Waals surface area contributed by atoms with Crippen molar-refractivity contribution in [1.82, 2.24) is 10.2 Å². The van der Waals surface area contributed by atoms with Crippen LogP contribution in [0.4, 0.5) is 0 Å². The van der Waals surface area contributed by atoms with Crippen LogP contribution in [0, 0.1) is 5.92 Å². The minimum atomic E-state index is 0.771. The highest BCUT2D eigenvalue weighted by Crippen LogP contribution is 2.32. The molecule has 1 heterocycles. The summed E-state index contributed by atoms with van der Waals surface area (Å²) in [4.78, 5) is 2.83. The van der Waals surface area contributed by atoms with Crippen molar-refractivity contribution in [3.63, 3.8) is 0 Å². The van der Waals surface area contributed by atoms with Gasteiger partial charge in [0, 0.05) is 18.1 Å². The second kappa shape index (κ2) is 5.50. The summed E-state index contributed by atoms with van der Waals surface area (Å²) < 4.78 is 0. The lowest BCUT2D eigenvalue weighted by Gasteiger charge is -2.39. The van der Waals surface area contributed by atoms with Gasteiger partial charge in [-0.3, -0.25) is 4.90 Å². The Hall–Kier alpha value is -0.0800. The average Bonchev–Trinajstić information content (AvgIpc) is 2.78. The summed E-state index contributed by atoms with van der Waals surface area (Å²) >= 11 is 0. The molecule has 1 aliphatic carbocycles. The normalized spacial score (nSPS) is 37.1. The van der Waals surface area contributed by atoms with Gasteiger partial charge in [0.05, 0.1) is 0 Å². The molecule has 0 aromatic carbocycles. The Morgan fingerprint density at radius 2 is 1.94 bits per heavy atom. The molecule has 1 saturated heterocycles. The number of hydrogen-bond donors (Lipinski definition) is 1. The summed E-state index contributed by atoms with van der Waals surface area (Å²) in [7, 11) is 2.12. The third-order valence-electron chi connectivity index (χ3n) is 4.64. The molecule has 3 atom stereocenters. The van der Waals surface area contributed by atoms with E-state index in [0.29, 0.717) is 0 Å². The highest BCUT2D eigenvalue weighted by atomic mass is 15.2. The fourth-order valence-electron chi connectivity index (χ4n) is 3.71. The van der Waals surface area contributed by atoms with Gasteiger partial charge in [-0.2, -0.15) is 0 Å². The van der Waals surface area contributed by atoms with E-state index < -0.39 is 0 Å². The number of nitrogens with one attached hydrogen (secondary N) is 1. The van der Waals surface area contributed by atoms with E-state index in [0.717, 1.165) is 24.0 Å². The second-order valence-corrected chi connectivity index (χ2v) is 6.00. The Bertz CT molecular complexity index is 215. The summed E-state index contributed by atoms with van der Waals surface area (Å²) in [6.07, 6.45) is 8.45. The third kappa shape index (κ3) is 2.60. The Morgan fingerprint density at radius 3 is 2.62 bits per heavy atom. The first-order valence-electron chi connectivity index (χ1n) is 7.15. The van der Waals surface area contributed by atoms with Gasteiger partial charge in [0.1, 0.15) is 0 Å². The van der Waals surface area contributed by atoms with E-state index in [-0.39, 0.29) is 0 Å². The van der Waals surface area contributed by atoms with E-state index in [4.69, 9.17) is 0 Å². The second-order valence-electron chi connectivity index (χ2n) is 6.00. The zero-order chi connectivity index (χ0) is 11.5.